The lowest BCUT2D eigenvalue weighted by Gasteiger charge is -2.26. The first kappa shape index (κ1) is 15.0. The second kappa shape index (κ2) is 6.46. The average Bonchev–Trinajstić information content (AvgIpc) is 3.17. The zero-order valence-corrected chi connectivity index (χ0v) is 13.6. The molecule has 1 aromatic heterocycles. The van der Waals surface area contributed by atoms with E-state index >= 15 is 0 Å². The first-order valence-electron chi connectivity index (χ1n) is 7.93. The van der Waals surface area contributed by atoms with Gasteiger partial charge in [-0.05, 0) is 38.3 Å². The highest BCUT2D eigenvalue weighted by atomic mass is 32.1. The van der Waals surface area contributed by atoms with Crippen LogP contribution in [0.1, 0.15) is 48.5 Å². The van der Waals surface area contributed by atoms with Crippen molar-refractivity contribution in [3.8, 4) is 0 Å². The molecule has 2 aliphatic rings. The van der Waals surface area contributed by atoms with E-state index in [9.17, 15) is 4.79 Å². The first-order valence-corrected chi connectivity index (χ1v) is 8.75. The van der Waals surface area contributed by atoms with E-state index in [1.807, 2.05) is 4.90 Å². The molecule has 0 spiro atoms. The zero-order valence-electron chi connectivity index (χ0n) is 12.8. The summed E-state index contributed by atoms with van der Waals surface area (Å²) in [5.74, 6) is 0.239. The number of aryl methyl sites for hydroxylation is 1. The van der Waals surface area contributed by atoms with Crippen molar-refractivity contribution < 1.29 is 9.53 Å². The molecule has 5 heteroatoms. The maximum atomic E-state index is 12.7. The Kier molecular flexibility index (Phi) is 4.62. The zero-order chi connectivity index (χ0) is 14.8. The third kappa shape index (κ3) is 3.15. The van der Waals surface area contributed by atoms with Crippen LogP contribution in [0.25, 0.3) is 0 Å². The molecule has 0 aromatic carbocycles. The van der Waals surface area contributed by atoms with Gasteiger partial charge in [-0.1, -0.05) is 13.3 Å². The third-order valence-corrected chi connectivity index (χ3v) is 5.34. The minimum atomic E-state index is -0.0381. The van der Waals surface area contributed by atoms with Crippen LogP contribution >= 0.6 is 11.3 Å². The molecule has 2 saturated heterocycles. The summed E-state index contributed by atoms with van der Waals surface area (Å²) < 4.78 is 5.73. The van der Waals surface area contributed by atoms with E-state index in [0.29, 0.717) is 6.54 Å². The van der Waals surface area contributed by atoms with Gasteiger partial charge in [-0.2, -0.15) is 0 Å². The summed E-state index contributed by atoms with van der Waals surface area (Å²) in [7, 11) is 0. The van der Waals surface area contributed by atoms with Gasteiger partial charge in [0, 0.05) is 22.9 Å². The number of rotatable bonds is 5. The Morgan fingerprint density at radius 1 is 1.48 bits per heavy atom. The monoisotopic (exact) mass is 308 g/mol. The molecule has 116 valence electrons. The van der Waals surface area contributed by atoms with Crippen molar-refractivity contribution >= 4 is 17.2 Å². The fraction of sp³-hybridized carbons (Fsp3) is 0.688. The molecule has 3 heterocycles. The maximum Gasteiger partial charge on any atom is 0.241 e. The fourth-order valence-corrected chi connectivity index (χ4v) is 4.16. The largest absolute Gasteiger partial charge is 0.376 e. The van der Waals surface area contributed by atoms with Gasteiger partial charge in [0.05, 0.1) is 12.1 Å². The second-order valence-corrected chi connectivity index (χ2v) is 7.30. The lowest BCUT2D eigenvalue weighted by molar-refractivity contribution is -0.131. The highest BCUT2D eigenvalue weighted by Gasteiger charge is 2.40. The van der Waals surface area contributed by atoms with Gasteiger partial charge in [-0.25, -0.2) is 0 Å². The van der Waals surface area contributed by atoms with Gasteiger partial charge >= 0.3 is 0 Å². The van der Waals surface area contributed by atoms with Crippen molar-refractivity contribution in [2.75, 3.05) is 13.2 Å². The number of carbonyl (C=O) groups is 1. The summed E-state index contributed by atoms with van der Waals surface area (Å²) in [6.07, 6.45) is 4.34. The Labute approximate surface area is 130 Å². The van der Waals surface area contributed by atoms with E-state index in [1.54, 1.807) is 11.3 Å². The molecule has 2 fully saturated rings. The van der Waals surface area contributed by atoms with E-state index in [1.165, 1.54) is 9.75 Å². The van der Waals surface area contributed by atoms with Gasteiger partial charge in [0.15, 0.2) is 0 Å². The molecule has 1 N–H and O–H groups in total. The van der Waals surface area contributed by atoms with Crippen molar-refractivity contribution in [2.24, 2.45) is 0 Å². The van der Waals surface area contributed by atoms with Crippen molar-refractivity contribution in [3.63, 3.8) is 0 Å². The molecule has 2 aliphatic heterocycles. The van der Waals surface area contributed by atoms with Crippen molar-refractivity contribution in [3.05, 3.63) is 21.9 Å². The molecule has 0 saturated carbocycles. The Morgan fingerprint density at radius 3 is 2.95 bits per heavy atom. The van der Waals surface area contributed by atoms with Gasteiger partial charge < -0.3 is 9.64 Å². The van der Waals surface area contributed by atoms with E-state index in [2.05, 4.69) is 31.3 Å². The Hall–Kier alpha value is -0.910. The second-order valence-electron chi connectivity index (χ2n) is 5.98. The number of nitrogens with one attached hydrogen (secondary N) is 1. The summed E-state index contributed by atoms with van der Waals surface area (Å²) in [5.41, 5.74) is 0. The summed E-state index contributed by atoms with van der Waals surface area (Å²) in [5, 5.41) is 3.53. The SMILES string of the molecule is CCCC1NC(c2ccc(C)s2)N(CC2CCCO2)C1=O. The molecule has 4 nitrogen and oxygen atoms in total. The number of hydrogen-bond acceptors (Lipinski definition) is 4. The van der Waals surface area contributed by atoms with Gasteiger partial charge in [0.1, 0.15) is 6.17 Å². The predicted molar refractivity (Wildman–Crippen MR) is 84.3 cm³/mol. The van der Waals surface area contributed by atoms with Gasteiger partial charge in [0.2, 0.25) is 5.91 Å². The van der Waals surface area contributed by atoms with Crippen LogP contribution in [0.4, 0.5) is 0 Å². The average molecular weight is 308 g/mol. The molecule has 0 bridgehead atoms. The number of amides is 1. The topological polar surface area (TPSA) is 41.6 Å². The number of nitrogens with zero attached hydrogens (tertiary/aromatic N) is 1. The Balaban J connectivity index is 1.78. The Bertz CT molecular complexity index is 496. The van der Waals surface area contributed by atoms with Gasteiger partial charge in [-0.3, -0.25) is 10.1 Å². The van der Waals surface area contributed by atoms with Crippen LogP contribution in [0, 0.1) is 6.92 Å². The summed E-state index contributed by atoms with van der Waals surface area (Å²) >= 11 is 1.77. The van der Waals surface area contributed by atoms with Gasteiger partial charge in [0.25, 0.3) is 0 Å². The lowest BCUT2D eigenvalue weighted by atomic mass is 10.1. The third-order valence-electron chi connectivity index (χ3n) is 4.28. The molecule has 21 heavy (non-hydrogen) atoms. The molecule has 3 unspecified atom stereocenters. The van der Waals surface area contributed by atoms with E-state index < -0.39 is 0 Å². The Morgan fingerprint density at radius 2 is 2.33 bits per heavy atom. The molecule has 3 rings (SSSR count). The number of carbonyl (C=O) groups excluding carboxylic acids is 1. The highest BCUT2D eigenvalue weighted by Crippen LogP contribution is 2.32. The van der Waals surface area contributed by atoms with E-state index in [0.717, 1.165) is 32.3 Å². The molecular weight excluding hydrogens is 284 g/mol. The first-order chi connectivity index (χ1) is 10.2. The van der Waals surface area contributed by atoms with Gasteiger partial charge in [-0.15, -0.1) is 11.3 Å². The van der Waals surface area contributed by atoms with Crippen LogP contribution in [0.2, 0.25) is 0 Å². The number of ether oxygens (including phenoxy) is 1. The van der Waals surface area contributed by atoms with Crippen LogP contribution in [0.15, 0.2) is 12.1 Å². The normalized spacial score (nSPS) is 29.5. The standard InChI is InChI=1S/C16H24N2O2S/c1-3-5-13-16(19)18(10-12-6-4-9-20-12)15(17-13)14-8-7-11(2)21-14/h7-8,12-13,15,17H,3-6,9-10H2,1-2H3. The molecular formula is C16H24N2O2S. The quantitative estimate of drug-likeness (QED) is 0.909. The van der Waals surface area contributed by atoms with Crippen molar-refractivity contribution in [1.29, 1.82) is 0 Å². The van der Waals surface area contributed by atoms with Crippen molar-refractivity contribution in [2.45, 2.75) is 57.8 Å². The minimum Gasteiger partial charge on any atom is -0.376 e. The minimum absolute atomic E-state index is 0.0250. The smallest absolute Gasteiger partial charge is 0.241 e. The van der Waals surface area contributed by atoms with Crippen LogP contribution in [-0.2, 0) is 9.53 Å². The molecule has 0 radical (unpaired) electrons. The van der Waals surface area contributed by atoms with Crippen LogP contribution < -0.4 is 5.32 Å². The molecule has 1 amide bonds. The summed E-state index contributed by atoms with van der Waals surface area (Å²) in [6, 6.07) is 4.23. The van der Waals surface area contributed by atoms with Crippen LogP contribution in [0.3, 0.4) is 0 Å². The molecule has 3 atom stereocenters. The fourth-order valence-electron chi connectivity index (χ4n) is 3.21. The predicted octanol–water partition coefficient (Wildman–Crippen LogP) is 2.83. The van der Waals surface area contributed by atoms with E-state index in [4.69, 9.17) is 4.74 Å². The van der Waals surface area contributed by atoms with E-state index in [-0.39, 0.29) is 24.2 Å². The number of hydrogen-bond donors (Lipinski definition) is 1. The summed E-state index contributed by atoms with van der Waals surface area (Å²) in [4.78, 5) is 17.2. The molecule has 0 aliphatic carbocycles. The number of thiophene rings is 1. The maximum absolute atomic E-state index is 12.7. The lowest BCUT2D eigenvalue weighted by Crippen LogP contribution is -2.37. The molecule has 1 aromatic rings. The van der Waals surface area contributed by atoms with Crippen LogP contribution in [0.5, 0.6) is 0 Å². The highest BCUT2D eigenvalue weighted by molar-refractivity contribution is 7.12. The van der Waals surface area contributed by atoms with Crippen LogP contribution in [-0.4, -0.2) is 36.1 Å². The summed E-state index contributed by atoms with van der Waals surface area (Å²) in [6.45, 7) is 5.79. The van der Waals surface area contributed by atoms with Crippen molar-refractivity contribution in [1.82, 2.24) is 10.2 Å².